The lowest BCUT2D eigenvalue weighted by molar-refractivity contribution is 0.335. The van der Waals surface area contributed by atoms with Crippen molar-refractivity contribution < 1.29 is 0 Å². The van der Waals surface area contributed by atoms with Crippen molar-refractivity contribution in [1.29, 1.82) is 0 Å². The summed E-state index contributed by atoms with van der Waals surface area (Å²) in [4.78, 5) is 0. The molecule has 0 spiro atoms. The molecule has 0 fully saturated rings. The molecule has 2 heteroatoms. The molecule has 0 bridgehead atoms. The first-order chi connectivity index (χ1) is 10.3. The van der Waals surface area contributed by atoms with Crippen molar-refractivity contribution in [3.05, 3.63) is 71.8 Å². The third-order valence-corrected chi connectivity index (χ3v) is 4.39. The van der Waals surface area contributed by atoms with E-state index in [2.05, 4.69) is 79.9 Å². The van der Waals surface area contributed by atoms with E-state index in [0.29, 0.717) is 11.8 Å². The van der Waals surface area contributed by atoms with Crippen LogP contribution in [-0.4, -0.2) is 6.04 Å². The lowest BCUT2D eigenvalue weighted by Crippen LogP contribution is -2.43. The van der Waals surface area contributed by atoms with Crippen LogP contribution in [0.2, 0.25) is 0 Å². The van der Waals surface area contributed by atoms with Gasteiger partial charge in [0.05, 0.1) is 0 Å². The Kier molecular flexibility index (Phi) is 5.97. The Morgan fingerprint density at radius 2 is 1.52 bits per heavy atom. The van der Waals surface area contributed by atoms with E-state index in [0.717, 1.165) is 12.8 Å². The number of rotatable bonds is 7. The molecule has 0 radical (unpaired) electrons. The third kappa shape index (κ3) is 4.16. The Morgan fingerprint density at radius 1 is 0.952 bits per heavy atom. The maximum atomic E-state index is 5.90. The van der Waals surface area contributed by atoms with Crippen molar-refractivity contribution in [3.8, 4) is 0 Å². The van der Waals surface area contributed by atoms with Crippen molar-refractivity contribution in [2.45, 2.75) is 38.6 Å². The first kappa shape index (κ1) is 15.7. The molecule has 3 atom stereocenters. The average Bonchev–Trinajstić information content (AvgIpc) is 2.56. The fourth-order valence-electron chi connectivity index (χ4n) is 3.04. The Hall–Kier alpha value is -1.64. The van der Waals surface area contributed by atoms with Crippen LogP contribution in [0.1, 0.15) is 37.3 Å². The van der Waals surface area contributed by atoms with Crippen LogP contribution in [-0.2, 0) is 6.42 Å². The van der Waals surface area contributed by atoms with Gasteiger partial charge in [0.2, 0.25) is 0 Å². The van der Waals surface area contributed by atoms with Gasteiger partial charge < -0.3 is 0 Å². The summed E-state index contributed by atoms with van der Waals surface area (Å²) in [5.41, 5.74) is 5.75. The van der Waals surface area contributed by atoms with E-state index in [1.165, 1.54) is 11.1 Å². The van der Waals surface area contributed by atoms with Gasteiger partial charge in [0.1, 0.15) is 0 Å². The van der Waals surface area contributed by atoms with E-state index >= 15 is 0 Å². The molecular formula is C19H26N2. The molecule has 0 saturated heterocycles. The minimum atomic E-state index is 0.241. The van der Waals surface area contributed by atoms with Crippen molar-refractivity contribution in [2.75, 3.05) is 0 Å². The van der Waals surface area contributed by atoms with E-state index in [1.807, 2.05) is 0 Å². The fourth-order valence-corrected chi connectivity index (χ4v) is 3.04. The van der Waals surface area contributed by atoms with Crippen molar-refractivity contribution >= 4 is 0 Å². The maximum absolute atomic E-state index is 5.90. The molecule has 2 nitrogen and oxygen atoms in total. The van der Waals surface area contributed by atoms with E-state index < -0.39 is 0 Å². The van der Waals surface area contributed by atoms with Gasteiger partial charge in [-0.2, -0.15) is 0 Å². The summed E-state index contributed by atoms with van der Waals surface area (Å²) in [6.07, 6.45) is 2.09. The molecule has 0 aliphatic rings. The summed E-state index contributed by atoms with van der Waals surface area (Å²) in [6.45, 7) is 4.56. The summed E-state index contributed by atoms with van der Waals surface area (Å²) < 4.78 is 0. The van der Waals surface area contributed by atoms with Crippen LogP contribution in [0.25, 0.3) is 0 Å². The van der Waals surface area contributed by atoms with Crippen LogP contribution in [0.4, 0.5) is 0 Å². The highest BCUT2D eigenvalue weighted by Crippen LogP contribution is 2.31. The molecule has 0 saturated carbocycles. The maximum Gasteiger partial charge on any atom is 0.0322 e. The Bertz CT molecular complexity index is 510. The van der Waals surface area contributed by atoms with Crippen molar-refractivity contribution in [1.82, 2.24) is 5.43 Å². The van der Waals surface area contributed by atoms with Gasteiger partial charge in [-0.25, -0.2) is 0 Å². The second-order valence-electron chi connectivity index (χ2n) is 5.78. The first-order valence-electron chi connectivity index (χ1n) is 7.81. The van der Waals surface area contributed by atoms with Crippen LogP contribution < -0.4 is 11.3 Å². The zero-order chi connectivity index (χ0) is 15.1. The average molecular weight is 282 g/mol. The molecule has 0 aliphatic carbocycles. The van der Waals surface area contributed by atoms with Crippen LogP contribution in [0.15, 0.2) is 60.7 Å². The molecule has 2 aromatic rings. The highest BCUT2D eigenvalue weighted by atomic mass is 15.2. The number of benzene rings is 2. The molecule has 21 heavy (non-hydrogen) atoms. The largest absolute Gasteiger partial charge is 0.271 e. The molecular weight excluding hydrogens is 256 g/mol. The van der Waals surface area contributed by atoms with E-state index in [9.17, 15) is 0 Å². The van der Waals surface area contributed by atoms with Crippen LogP contribution >= 0.6 is 0 Å². The lowest BCUT2D eigenvalue weighted by Gasteiger charge is -2.32. The van der Waals surface area contributed by atoms with E-state index in [-0.39, 0.29) is 6.04 Å². The first-order valence-corrected chi connectivity index (χ1v) is 7.81. The van der Waals surface area contributed by atoms with Crippen LogP contribution in [0, 0.1) is 5.92 Å². The van der Waals surface area contributed by atoms with Gasteiger partial charge in [-0.3, -0.25) is 11.3 Å². The Labute approximate surface area is 128 Å². The number of hydrogen-bond acceptors (Lipinski definition) is 2. The van der Waals surface area contributed by atoms with E-state index in [4.69, 9.17) is 5.84 Å². The molecule has 3 N–H and O–H groups in total. The SMILES string of the molecule is CCC(C)C(c1ccccc1)C(Cc1ccccc1)NN. The monoisotopic (exact) mass is 282 g/mol. The second-order valence-corrected chi connectivity index (χ2v) is 5.78. The standard InChI is InChI=1S/C19H26N2/c1-3-15(2)19(17-12-8-5-9-13-17)18(21-20)14-16-10-6-4-7-11-16/h4-13,15,18-19,21H,3,14,20H2,1-2H3. The second kappa shape index (κ2) is 7.96. The normalized spacial score (nSPS) is 15.4. The van der Waals surface area contributed by atoms with Gasteiger partial charge in [0.15, 0.2) is 0 Å². The quantitative estimate of drug-likeness (QED) is 0.597. The highest BCUT2D eigenvalue weighted by Gasteiger charge is 2.26. The molecule has 0 heterocycles. The van der Waals surface area contributed by atoms with Crippen molar-refractivity contribution in [3.63, 3.8) is 0 Å². The highest BCUT2D eigenvalue weighted by molar-refractivity contribution is 5.24. The minimum absolute atomic E-state index is 0.241. The Morgan fingerprint density at radius 3 is 2.05 bits per heavy atom. The number of nitrogens with one attached hydrogen (secondary N) is 1. The summed E-state index contributed by atoms with van der Waals surface area (Å²) in [7, 11) is 0. The molecule has 0 amide bonds. The molecule has 0 aliphatic heterocycles. The van der Waals surface area contributed by atoms with Gasteiger partial charge in [-0.15, -0.1) is 0 Å². The molecule has 2 rings (SSSR count). The topological polar surface area (TPSA) is 38.0 Å². The van der Waals surface area contributed by atoms with Gasteiger partial charge in [0, 0.05) is 12.0 Å². The zero-order valence-electron chi connectivity index (χ0n) is 13.0. The van der Waals surface area contributed by atoms with Gasteiger partial charge in [0.25, 0.3) is 0 Å². The molecule has 0 aromatic heterocycles. The van der Waals surface area contributed by atoms with Crippen LogP contribution in [0.3, 0.4) is 0 Å². The third-order valence-electron chi connectivity index (χ3n) is 4.39. The number of hydrazine groups is 1. The van der Waals surface area contributed by atoms with Crippen LogP contribution in [0.5, 0.6) is 0 Å². The van der Waals surface area contributed by atoms with Gasteiger partial charge in [-0.05, 0) is 23.5 Å². The summed E-state index contributed by atoms with van der Waals surface area (Å²) in [5.74, 6) is 6.90. The minimum Gasteiger partial charge on any atom is -0.271 e. The zero-order valence-corrected chi connectivity index (χ0v) is 13.0. The van der Waals surface area contributed by atoms with Gasteiger partial charge >= 0.3 is 0 Å². The molecule has 112 valence electrons. The lowest BCUT2D eigenvalue weighted by atomic mass is 9.78. The predicted octanol–water partition coefficient (Wildman–Crippen LogP) is 3.89. The predicted molar refractivity (Wildman–Crippen MR) is 89.9 cm³/mol. The smallest absolute Gasteiger partial charge is 0.0322 e. The fraction of sp³-hybridized carbons (Fsp3) is 0.368. The Balaban J connectivity index is 2.25. The summed E-state index contributed by atoms with van der Waals surface area (Å²) >= 11 is 0. The summed E-state index contributed by atoms with van der Waals surface area (Å²) in [5, 5.41) is 0. The summed E-state index contributed by atoms with van der Waals surface area (Å²) in [6, 6.07) is 21.5. The number of nitrogens with two attached hydrogens (primary N) is 1. The van der Waals surface area contributed by atoms with Gasteiger partial charge in [-0.1, -0.05) is 80.9 Å². The molecule has 2 aromatic carbocycles. The van der Waals surface area contributed by atoms with E-state index in [1.54, 1.807) is 0 Å². The molecule has 3 unspecified atom stereocenters. The van der Waals surface area contributed by atoms with Crippen molar-refractivity contribution in [2.24, 2.45) is 11.8 Å². The number of hydrogen-bond donors (Lipinski definition) is 2.